The van der Waals surface area contributed by atoms with Gasteiger partial charge in [-0.1, -0.05) is 5.16 Å². The van der Waals surface area contributed by atoms with Gasteiger partial charge in [0.05, 0.1) is 12.7 Å². The molecule has 1 aromatic rings. The van der Waals surface area contributed by atoms with Crippen molar-refractivity contribution < 1.29 is 19.2 Å². The van der Waals surface area contributed by atoms with Crippen molar-refractivity contribution in [2.45, 2.75) is 6.54 Å². The molecule has 0 aliphatic carbocycles. The first kappa shape index (κ1) is 9.50. The van der Waals surface area contributed by atoms with Crippen LogP contribution in [0, 0.1) is 0 Å². The molecule has 1 aliphatic heterocycles. The Morgan fingerprint density at radius 2 is 2.53 bits per heavy atom. The molecule has 2 rings (SSSR count). The number of rotatable bonds is 3. The SMILES string of the molecule is O=C(O)c1cnoc1CN1CCNC1=O. The van der Waals surface area contributed by atoms with Crippen LogP contribution in [0.5, 0.6) is 0 Å². The van der Waals surface area contributed by atoms with Crippen LogP contribution < -0.4 is 5.32 Å². The van der Waals surface area contributed by atoms with Gasteiger partial charge in [0, 0.05) is 13.1 Å². The molecule has 0 radical (unpaired) electrons. The fraction of sp³-hybridized carbons (Fsp3) is 0.375. The minimum Gasteiger partial charge on any atom is -0.478 e. The van der Waals surface area contributed by atoms with Gasteiger partial charge in [-0.25, -0.2) is 9.59 Å². The van der Waals surface area contributed by atoms with Gasteiger partial charge >= 0.3 is 12.0 Å². The highest BCUT2D eigenvalue weighted by Gasteiger charge is 2.24. The van der Waals surface area contributed by atoms with Crippen LogP contribution >= 0.6 is 0 Å². The van der Waals surface area contributed by atoms with Gasteiger partial charge in [-0.15, -0.1) is 0 Å². The quantitative estimate of drug-likeness (QED) is 0.727. The molecule has 1 fully saturated rings. The van der Waals surface area contributed by atoms with Crippen molar-refractivity contribution in [2.24, 2.45) is 0 Å². The summed E-state index contributed by atoms with van der Waals surface area (Å²) in [6.45, 7) is 1.24. The van der Waals surface area contributed by atoms with E-state index < -0.39 is 5.97 Å². The predicted molar refractivity (Wildman–Crippen MR) is 47.3 cm³/mol. The van der Waals surface area contributed by atoms with Crippen molar-refractivity contribution in [2.75, 3.05) is 13.1 Å². The van der Waals surface area contributed by atoms with Gasteiger partial charge in [0.25, 0.3) is 0 Å². The molecule has 0 bridgehead atoms. The topological polar surface area (TPSA) is 95.7 Å². The van der Waals surface area contributed by atoms with Crippen LogP contribution in [0.3, 0.4) is 0 Å². The minimum atomic E-state index is -1.11. The molecule has 0 unspecified atom stereocenters. The maximum Gasteiger partial charge on any atom is 0.341 e. The zero-order valence-corrected chi connectivity index (χ0v) is 7.77. The summed E-state index contributed by atoms with van der Waals surface area (Å²) in [5.74, 6) is -0.912. The summed E-state index contributed by atoms with van der Waals surface area (Å²) in [6.07, 6.45) is 1.13. The number of carboxylic acids is 1. The van der Waals surface area contributed by atoms with Gasteiger partial charge in [-0.05, 0) is 0 Å². The molecule has 1 aliphatic rings. The molecule has 0 saturated carbocycles. The summed E-state index contributed by atoms with van der Waals surface area (Å²) in [6, 6.07) is -0.220. The second-order valence-electron chi connectivity index (χ2n) is 3.12. The Labute approximate surface area is 84.6 Å². The number of amides is 2. The zero-order valence-electron chi connectivity index (χ0n) is 7.77. The Kier molecular flexibility index (Phi) is 2.28. The van der Waals surface area contributed by atoms with E-state index >= 15 is 0 Å². The number of aromatic carboxylic acids is 1. The summed E-state index contributed by atoms with van der Waals surface area (Å²) >= 11 is 0. The first-order chi connectivity index (χ1) is 7.18. The monoisotopic (exact) mass is 211 g/mol. The number of carbonyl (C=O) groups is 2. The number of carbonyl (C=O) groups excluding carboxylic acids is 1. The fourth-order valence-electron chi connectivity index (χ4n) is 1.39. The van der Waals surface area contributed by atoms with E-state index in [1.54, 1.807) is 0 Å². The molecule has 0 atom stereocenters. The van der Waals surface area contributed by atoms with Crippen molar-refractivity contribution in [3.63, 3.8) is 0 Å². The third-order valence-corrected chi connectivity index (χ3v) is 2.16. The van der Waals surface area contributed by atoms with E-state index in [0.29, 0.717) is 13.1 Å². The lowest BCUT2D eigenvalue weighted by molar-refractivity contribution is 0.0693. The number of hydrogen-bond donors (Lipinski definition) is 2. The molecule has 2 amide bonds. The van der Waals surface area contributed by atoms with Crippen molar-refractivity contribution >= 4 is 12.0 Å². The van der Waals surface area contributed by atoms with Gasteiger partial charge in [-0.2, -0.15) is 0 Å². The minimum absolute atomic E-state index is 0.00491. The maximum atomic E-state index is 11.2. The van der Waals surface area contributed by atoms with Crippen LogP contribution in [0.1, 0.15) is 16.1 Å². The van der Waals surface area contributed by atoms with Crippen LogP contribution in [0.2, 0.25) is 0 Å². The molecule has 1 aromatic heterocycles. The van der Waals surface area contributed by atoms with E-state index in [2.05, 4.69) is 10.5 Å². The van der Waals surface area contributed by atoms with Crippen LogP contribution in [0.4, 0.5) is 4.79 Å². The second-order valence-corrected chi connectivity index (χ2v) is 3.12. The molecule has 2 N–H and O–H groups in total. The van der Waals surface area contributed by atoms with Crippen LogP contribution in [0.15, 0.2) is 10.7 Å². The zero-order chi connectivity index (χ0) is 10.8. The van der Waals surface area contributed by atoms with E-state index in [-0.39, 0.29) is 23.9 Å². The van der Waals surface area contributed by atoms with Crippen LogP contribution in [0.25, 0.3) is 0 Å². The van der Waals surface area contributed by atoms with E-state index in [1.807, 2.05) is 0 Å². The molecule has 0 spiro atoms. The molecule has 80 valence electrons. The lowest BCUT2D eigenvalue weighted by atomic mass is 10.2. The van der Waals surface area contributed by atoms with Gasteiger partial charge in [-0.3, -0.25) is 0 Å². The van der Waals surface area contributed by atoms with Crippen molar-refractivity contribution in [3.8, 4) is 0 Å². The first-order valence-corrected chi connectivity index (χ1v) is 4.38. The van der Waals surface area contributed by atoms with Gasteiger partial charge < -0.3 is 19.8 Å². The average Bonchev–Trinajstić information content (AvgIpc) is 2.77. The van der Waals surface area contributed by atoms with Gasteiger partial charge in [0.1, 0.15) is 5.56 Å². The van der Waals surface area contributed by atoms with Gasteiger partial charge in [0.2, 0.25) is 0 Å². The highest BCUT2D eigenvalue weighted by atomic mass is 16.5. The summed E-state index contributed by atoms with van der Waals surface area (Å²) in [5, 5.41) is 14.8. The summed E-state index contributed by atoms with van der Waals surface area (Å²) < 4.78 is 4.78. The standard InChI is InChI=1S/C8H9N3O4/c12-7(13)5-3-10-15-6(5)4-11-2-1-9-8(11)14/h3H,1-2,4H2,(H,9,14)(H,12,13). The maximum absolute atomic E-state index is 11.2. The predicted octanol–water partition coefficient (Wildman–Crippen LogP) is -0.102. The normalized spacial score (nSPS) is 15.5. The lowest BCUT2D eigenvalue weighted by Crippen LogP contribution is -2.27. The summed E-state index contributed by atoms with van der Waals surface area (Å²) in [7, 11) is 0. The number of nitrogens with zero attached hydrogens (tertiary/aromatic N) is 2. The van der Waals surface area contributed by atoms with E-state index in [0.717, 1.165) is 6.20 Å². The Bertz CT molecular complexity index is 400. The number of carboxylic acid groups (broad SMARTS) is 1. The van der Waals surface area contributed by atoms with Crippen LogP contribution in [-0.2, 0) is 6.54 Å². The molecule has 7 heteroatoms. The molecule has 7 nitrogen and oxygen atoms in total. The third-order valence-electron chi connectivity index (χ3n) is 2.16. The van der Waals surface area contributed by atoms with Crippen molar-refractivity contribution in [3.05, 3.63) is 17.5 Å². The number of nitrogens with one attached hydrogen (secondary N) is 1. The highest BCUT2D eigenvalue weighted by Crippen LogP contribution is 2.12. The Morgan fingerprint density at radius 3 is 3.13 bits per heavy atom. The summed E-state index contributed by atoms with van der Waals surface area (Å²) in [4.78, 5) is 23.4. The van der Waals surface area contributed by atoms with E-state index in [1.165, 1.54) is 4.90 Å². The Balaban J connectivity index is 2.13. The van der Waals surface area contributed by atoms with E-state index in [4.69, 9.17) is 9.63 Å². The van der Waals surface area contributed by atoms with Crippen molar-refractivity contribution in [1.29, 1.82) is 0 Å². The Hall–Kier alpha value is -2.05. The average molecular weight is 211 g/mol. The smallest absolute Gasteiger partial charge is 0.341 e. The number of hydrogen-bond acceptors (Lipinski definition) is 4. The molecule has 1 saturated heterocycles. The number of urea groups is 1. The molecular weight excluding hydrogens is 202 g/mol. The van der Waals surface area contributed by atoms with Crippen LogP contribution in [-0.4, -0.2) is 40.3 Å². The third kappa shape index (κ3) is 1.76. The molecule has 15 heavy (non-hydrogen) atoms. The first-order valence-electron chi connectivity index (χ1n) is 4.38. The lowest BCUT2D eigenvalue weighted by Gasteiger charge is -2.11. The summed E-state index contributed by atoms with van der Waals surface area (Å²) in [5.41, 5.74) is -0.00491. The molecule has 2 heterocycles. The second kappa shape index (κ2) is 3.60. The largest absolute Gasteiger partial charge is 0.478 e. The fourth-order valence-corrected chi connectivity index (χ4v) is 1.39. The molecule has 0 aromatic carbocycles. The number of aromatic nitrogens is 1. The Morgan fingerprint density at radius 1 is 1.73 bits per heavy atom. The highest BCUT2D eigenvalue weighted by molar-refractivity contribution is 5.88. The van der Waals surface area contributed by atoms with Gasteiger partial charge in [0.15, 0.2) is 5.76 Å². The van der Waals surface area contributed by atoms with Crippen molar-refractivity contribution in [1.82, 2.24) is 15.4 Å². The molecular formula is C8H9N3O4. The van der Waals surface area contributed by atoms with E-state index in [9.17, 15) is 9.59 Å².